The van der Waals surface area contributed by atoms with E-state index in [1.807, 2.05) is 6.92 Å². The zero-order valence-electron chi connectivity index (χ0n) is 17.9. The van der Waals surface area contributed by atoms with Gasteiger partial charge in [-0.2, -0.15) is 4.31 Å². The van der Waals surface area contributed by atoms with Crippen LogP contribution in [0.4, 0.5) is 17.1 Å². The second-order valence-electron chi connectivity index (χ2n) is 7.37. The molecule has 1 amide bonds. The number of nitro groups is 1. The smallest absolute Gasteiger partial charge is 0.292 e. The van der Waals surface area contributed by atoms with Crippen molar-refractivity contribution in [3.8, 4) is 0 Å². The van der Waals surface area contributed by atoms with Gasteiger partial charge in [0.25, 0.3) is 5.69 Å². The maximum absolute atomic E-state index is 13.0. The predicted molar refractivity (Wildman–Crippen MR) is 122 cm³/mol. The number of amides is 1. The van der Waals surface area contributed by atoms with Crippen molar-refractivity contribution < 1.29 is 18.1 Å². The minimum absolute atomic E-state index is 0.0575. The molecule has 10 nitrogen and oxygen atoms in total. The highest BCUT2D eigenvalue weighted by molar-refractivity contribution is 7.89. The van der Waals surface area contributed by atoms with Crippen LogP contribution in [-0.4, -0.2) is 67.7 Å². The maximum Gasteiger partial charge on any atom is 0.292 e. The summed E-state index contributed by atoms with van der Waals surface area (Å²) < 4.78 is 27.4. The van der Waals surface area contributed by atoms with Crippen LogP contribution in [0, 0.1) is 10.1 Å². The number of para-hydroxylation sites is 2. The SMILES string of the molecule is CCN1CCN(S(=O)(=O)c2cccc(NC(=O)CCNc3ccccc3[N+](=O)[O-])c2)CC1. The van der Waals surface area contributed by atoms with Crippen molar-refractivity contribution in [2.75, 3.05) is 49.9 Å². The molecule has 1 fully saturated rings. The summed E-state index contributed by atoms with van der Waals surface area (Å²) in [5.74, 6) is -0.331. The number of hydrogen-bond donors (Lipinski definition) is 2. The van der Waals surface area contributed by atoms with Crippen LogP contribution in [0.3, 0.4) is 0 Å². The first-order valence-electron chi connectivity index (χ1n) is 10.4. The number of sulfonamides is 1. The van der Waals surface area contributed by atoms with E-state index in [-0.39, 0.29) is 29.5 Å². The molecular weight excluding hydrogens is 434 g/mol. The summed E-state index contributed by atoms with van der Waals surface area (Å²) in [5, 5.41) is 16.6. The topological polar surface area (TPSA) is 125 Å². The Morgan fingerprint density at radius 2 is 1.81 bits per heavy atom. The van der Waals surface area contributed by atoms with Gasteiger partial charge in [0.2, 0.25) is 15.9 Å². The van der Waals surface area contributed by atoms with E-state index >= 15 is 0 Å². The lowest BCUT2D eigenvalue weighted by Gasteiger charge is -2.33. The Balaban J connectivity index is 1.57. The van der Waals surface area contributed by atoms with Crippen LogP contribution in [0.5, 0.6) is 0 Å². The van der Waals surface area contributed by atoms with E-state index in [9.17, 15) is 23.3 Å². The van der Waals surface area contributed by atoms with Crippen molar-refractivity contribution in [1.82, 2.24) is 9.21 Å². The molecule has 0 atom stereocenters. The summed E-state index contributed by atoms with van der Waals surface area (Å²) in [6.07, 6.45) is 0.0575. The van der Waals surface area contributed by atoms with E-state index in [2.05, 4.69) is 15.5 Å². The number of anilines is 2. The van der Waals surface area contributed by atoms with Gasteiger partial charge >= 0.3 is 0 Å². The highest BCUT2D eigenvalue weighted by Crippen LogP contribution is 2.23. The summed E-state index contributed by atoms with van der Waals surface area (Å²) in [6, 6.07) is 12.4. The molecule has 172 valence electrons. The molecule has 1 heterocycles. The lowest BCUT2D eigenvalue weighted by Crippen LogP contribution is -2.48. The molecular formula is C21H27N5O5S. The minimum Gasteiger partial charge on any atom is -0.379 e. The van der Waals surface area contributed by atoms with Gasteiger partial charge in [-0.15, -0.1) is 0 Å². The lowest BCUT2D eigenvalue weighted by atomic mass is 10.2. The molecule has 0 radical (unpaired) electrons. The Bertz CT molecular complexity index is 1070. The van der Waals surface area contributed by atoms with Gasteiger partial charge in [-0.1, -0.05) is 25.1 Å². The highest BCUT2D eigenvalue weighted by Gasteiger charge is 2.28. The number of hydrogen-bond acceptors (Lipinski definition) is 7. The number of rotatable bonds is 9. The number of carbonyl (C=O) groups excluding carboxylic acids is 1. The average molecular weight is 462 g/mol. The van der Waals surface area contributed by atoms with Gasteiger partial charge in [-0.25, -0.2) is 8.42 Å². The van der Waals surface area contributed by atoms with Crippen molar-refractivity contribution in [2.24, 2.45) is 0 Å². The van der Waals surface area contributed by atoms with Crippen molar-refractivity contribution in [3.05, 3.63) is 58.6 Å². The Morgan fingerprint density at radius 3 is 2.50 bits per heavy atom. The van der Waals surface area contributed by atoms with E-state index in [0.29, 0.717) is 37.6 Å². The van der Waals surface area contributed by atoms with E-state index in [0.717, 1.165) is 6.54 Å². The number of nitro benzene ring substituents is 1. The van der Waals surface area contributed by atoms with Crippen LogP contribution in [0.15, 0.2) is 53.4 Å². The zero-order valence-corrected chi connectivity index (χ0v) is 18.7. The third-order valence-electron chi connectivity index (χ3n) is 5.30. The summed E-state index contributed by atoms with van der Waals surface area (Å²) in [4.78, 5) is 25.2. The Labute approximate surface area is 187 Å². The molecule has 0 aromatic heterocycles. The maximum atomic E-state index is 13.0. The molecule has 0 aliphatic carbocycles. The fraction of sp³-hybridized carbons (Fsp3) is 0.381. The fourth-order valence-electron chi connectivity index (χ4n) is 3.49. The van der Waals surface area contributed by atoms with Crippen LogP contribution >= 0.6 is 0 Å². The summed E-state index contributed by atoms with van der Waals surface area (Å²) >= 11 is 0. The second-order valence-corrected chi connectivity index (χ2v) is 9.30. The molecule has 1 aliphatic rings. The quantitative estimate of drug-likeness (QED) is 0.434. The summed E-state index contributed by atoms with van der Waals surface area (Å²) in [6.45, 7) is 5.39. The van der Waals surface area contributed by atoms with Crippen molar-refractivity contribution in [3.63, 3.8) is 0 Å². The molecule has 2 N–H and O–H groups in total. The van der Waals surface area contributed by atoms with Crippen LogP contribution in [0.25, 0.3) is 0 Å². The first kappa shape index (κ1) is 23.6. The third kappa shape index (κ3) is 5.81. The number of nitrogens with zero attached hydrogens (tertiary/aromatic N) is 3. The zero-order chi connectivity index (χ0) is 23.1. The first-order valence-corrected chi connectivity index (χ1v) is 11.8. The molecule has 32 heavy (non-hydrogen) atoms. The van der Waals surface area contributed by atoms with E-state index in [4.69, 9.17) is 0 Å². The molecule has 2 aromatic rings. The van der Waals surface area contributed by atoms with Gasteiger partial charge in [0, 0.05) is 50.9 Å². The standard InChI is InChI=1S/C21H27N5O5S/c1-2-24-12-14-25(15-13-24)32(30,31)18-7-5-6-17(16-18)23-21(27)10-11-22-19-8-3-4-9-20(19)26(28)29/h3-9,16,22H,2,10-15H2,1H3,(H,23,27). The number of carbonyl (C=O) groups is 1. The highest BCUT2D eigenvalue weighted by atomic mass is 32.2. The number of piperazine rings is 1. The molecule has 1 saturated heterocycles. The van der Waals surface area contributed by atoms with Crippen molar-refractivity contribution in [2.45, 2.75) is 18.2 Å². The molecule has 2 aromatic carbocycles. The monoisotopic (exact) mass is 461 g/mol. The van der Waals surface area contributed by atoms with Crippen molar-refractivity contribution >= 4 is 33.0 Å². The van der Waals surface area contributed by atoms with Crippen LogP contribution in [0.1, 0.15) is 13.3 Å². The van der Waals surface area contributed by atoms with Gasteiger partial charge in [-0.3, -0.25) is 14.9 Å². The number of benzene rings is 2. The van der Waals surface area contributed by atoms with Gasteiger partial charge in [-0.05, 0) is 30.8 Å². The normalized spacial score (nSPS) is 15.3. The third-order valence-corrected chi connectivity index (χ3v) is 7.20. The average Bonchev–Trinajstić information content (AvgIpc) is 2.79. The molecule has 0 bridgehead atoms. The molecule has 11 heteroatoms. The second kappa shape index (κ2) is 10.5. The fourth-order valence-corrected chi connectivity index (χ4v) is 4.95. The molecule has 3 rings (SSSR count). The number of nitrogens with one attached hydrogen (secondary N) is 2. The van der Waals surface area contributed by atoms with Crippen LogP contribution in [-0.2, 0) is 14.8 Å². The lowest BCUT2D eigenvalue weighted by molar-refractivity contribution is -0.384. The predicted octanol–water partition coefficient (Wildman–Crippen LogP) is 2.36. The van der Waals surface area contributed by atoms with Crippen molar-refractivity contribution in [1.29, 1.82) is 0 Å². The van der Waals surface area contributed by atoms with E-state index in [1.54, 1.807) is 30.3 Å². The van der Waals surface area contributed by atoms with Gasteiger partial charge in [0.15, 0.2) is 0 Å². The van der Waals surface area contributed by atoms with E-state index in [1.165, 1.54) is 22.5 Å². The minimum atomic E-state index is -3.64. The van der Waals surface area contributed by atoms with Gasteiger partial charge in [0.05, 0.1) is 9.82 Å². The van der Waals surface area contributed by atoms with Crippen LogP contribution in [0.2, 0.25) is 0 Å². The Hall–Kier alpha value is -3.02. The molecule has 0 saturated carbocycles. The molecule has 0 unspecified atom stereocenters. The molecule has 0 spiro atoms. The molecule has 1 aliphatic heterocycles. The Kier molecular flexibility index (Phi) is 7.78. The summed E-state index contributed by atoms with van der Waals surface area (Å²) in [5.41, 5.74) is 0.654. The Morgan fingerprint density at radius 1 is 1.09 bits per heavy atom. The van der Waals surface area contributed by atoms with Crippen LogP contribution < -0.4 is 10.6 Å². The van der Waals surface area contributed by atoms with Gasteiger partial charge < -0.3 is 15.5 Å². The first-order chi connectivity index (χ1) is 15.3. The van der Waals surface area contributed by atoms with E-state index < -0.39 is 14.9 Å². The van der Waals surface area contributed by atoms with Gasteiger partial charge in [0.1, 0.15) is 5.69 Å². The number of likely N-dealkylation sites (N-methyl/N-ethyl adjacent to an activating group) is 1. The largest absolute Gasteiger partial charge is 0.379 e. The summed E-state index contributed by atoms with van der Waals surface area (Å²) in [7, 11) is -3.64.